The fourth-order valence-electron chi connectivity index (χ4n) is 2.31. The zero-order chi connectivity index (χ0) is 14.7. The van der Waals surface area contributed by atoms with Gasteiger partial charge in [0, 0.05) is 5.56 Å². The molecule has 0 amide bonds. The fourth-order valence-corrected chi connectivity index (χ4v) is 2.31. The van der Waals surface area contributed by atoms with Gasteiger partial charge in [-0.15, -0.1) is 0 Å². The van der Waals surface area contributed by atoms with Crippen LogP contribution in [0.25, 0.3) is 11.3 Å². The second-order valence-corrected chi connectivity index (χ2v) is 4.83. The van der Waals surface area contributed by atoms with Gasteiger partial charge in [-0.1, -0.05) is 24.3 Å². The summed E-state index contributed by atoms with van der Waals surface area (Å²) in [5.74, 6) is -0.933. The van der Waals surface area contributed by atoms with Crippen LogP contribution in [0.1, 0.15) is 27.2 Å². The average Bonchev–Trinajstić information content (AvgIpc) is 2.38. The molecule has 0 fully saturated rings. The molecule has 3 N–H and O–H groups in total. The molecule has 0 saturated carbocycles. The summed E-state index contributed by atoms with van der Waals surface area (Å²) >= 11 is 0. The summed E-state index contributed by atoms with van der Waals surface area (Å²) in [5, 5.41) is 9.15. The number of carbonyl (C=O) groups is 1. The summed E-state index contributed by atoms with van der Waals surface area (Å²) in [6.45, 7) is 4.15. The maximum absolute atomic E-state index is 11.2. The van der Waals surface area contributed by atoms with Gasteiger partial charge < -0.3 is 10.8 Å². The van der Waals surface area contributed by atoms with Crippen LogP contribution in [0.5, 0.6) is 0 Å². The van der Waals surface area contributed by atoms with Crippen LogP contribution in [0.2, 0.25) is 0 Å². The Morgan fingerprint density at radius 1 is 1.25 bits per heavy atom. The highest BCUT2D eigenvalue weighted by Gasteiger charge is 2.13. The van der Waals surface area contributed by atoms with E-state index in [4.69, 9.17) is 10.8 Å². The van der Waals surface area contributed by atoms with E-state index in [1.165, 1.54) is 5.56 Å². The third-order valence-corrected chi connectivity index (χ3v) is 3.29. The van der Waals surface area contributed by atoms with Crippen LogP contribution < -0.4 is 5.73 Å². The SMILES string of the molecule is Cc1cc(-c2ccc(CCN)cc2)nc(C)c1C(=O)O. The molecule has 4 nitrogen and oxygen atoms in total. The van der Waals surface area contributed by atoms with Crippen molar-refractivity contribution in [3.05, 3.63) is 52.7 Å². The molecule has 4 heteroatoms. The van der Waals surface area contributed by atoms with Gasteiger partial charge in [-0.2, -0.15) is 0 Å². The monoisotopic (exact) mass is 270 g/mol. The molecule has 0 atom stereocenters. The van der Waals surface area contributed by atoms with Crippen molar-refractivity contribution < 1.29 is 9.90 Å². The molecular weight excluding hydrogens is 252 g/mol. The fraction of sp³-hybridized carbons (Fsp3) is 0.250. The van der Waals surface area contributed by atoms with Crippen molar-refractivity contribution in [1.82, 2.24) is 4.98 Å². The van der Waals surface area contributed by atoms with E-state index in [1.807, 2.05) is 30.3 Å². The van der Waals surface area contributed by atoms with Gasteiger partial charge in [0.15, 0.2) is 0 Å². The van der Waals surface area contributed by atoms with Crippen molar-refractivity contribution in [2.75, 3.05) is 6.54 Å². The number of aryl methyl sites for hydroxylation is 2. The highest BCUT2D eigenvalue weighted by molar-refractivity contribution is 5.91. The molecule has 2 rings (SSSR count). The molecule has 2 aromatic rings. The van der Waals surface area contributed by atoms with Crippen LogP contribution in [-0.4, -0.2) is 22.6 Å². The highest BCUT2D eigenvalue weighted by Crippen LogP contribution is 2.22. The number of aromatic carboxylic acids is 1. The summed E-state index contributed by atoms with van der Waals surface area (Å²) in [7, 11) is 0. The summed E-state index contributed by atoms with van der Waals surface area (Å²) in [6.07, 6.45) is 0.851. The van der Waals surface area contributed by atoms with E-state index in [2.05, 4.69) is 4.98 Å². The zero-order valence-electron chi connectivity index (χ0n) is 11.7. The molecule has 0 saturated heterocycles. The number of nitrogens with zero attached hydrogens (tertiary/aromatic N) is 1. The third-order valence-electron chi connectivity index (χ3n) is 3.29. The zero-order valence-corrected chi connectivity index (χ0v) is 11.7. The van der Waals surface area contributed by atoms with Gasteiger partial charge in [-0.25, -0.2) is 4.79 Å². The second-order valence-electron chi connectivity index (χ2n) is 4.83. The third kappa shape index (κ3) is 2.86. The number of hydrogen-bond acceptors (Lipinski definition) is 3. The average molecular weight is 270 g/mol. The normalized spacial score (nSPS) is 10.6. The van der Waals surface area contributed by atoms with Crippen molar-refractivity contribution in [3.63, 3.8) is 0 Å². The lowest BCUT2D eigenvalue weighted by Crippen LogP contribution is -2.06. The minimum Gasteiger partial charge on any atom is -0.478 e. The molecule has 104 valence electrons. The van der Waals surface area contributed by atoms with Gasteiger partial charge in [0.05, 0.1) is 17.0 Å². The van der Waals surface area contributed by atoms with Crippen LogP contribution in [0.4, 0.5) is 0 Å². The molecule has 0 radical (unpaired) electrons. The van der Waals surface area contributed by atoms with Crippen LogP contribution in [-0.2, 0) is 6.42 Å². The first-order chi connectivity index (χ1) is 9.52. The van der Waals surface area contributed by atoms with Gasteiger partial charge in [-0.3, -0.25) is 4.98 Å². The number of rotatable bonds is 4. The smallest absolute Gasteiger partial charge is 0.337 e. The van der Waals surface area contributed by atoms with E-state index in [1.54, 1.807) is 13.8 Å². The van der Waals surface area contributed by atoms with Gasteiger partial charge in [0.2, 0.25) is 0 Å². The van der Waals surface area contributed by atoms with E-state index >= 15 is 0 Å². The molecule has 1 aromatic carbocycles. The number of carboxylic acids is 1. The van der Waals surface area contributed by atoms with Gasteiger partial charge >= 0.3 is 5.97 Å². The Morgan fingerprint density at radius 2 is 1.90 bits per heavy atom. The van der Waals surface area contributed by atoms with Crippen LogP contribution >= 0.6 is 0 Å². The maximum Gasteiger partial charge on any atom is 0.337 e. The standard InChI is InChI=1S/C16H18N2O2/c1-10-9-14(18-11(2)15(10)16(19)20)13-5-3-12(4-6-13)7-8-17/h3-6,9H,7-8,17H2,1-2H3,(H,19,20). The minimum atomic E-state index is -0.933. The summed E-state index contributed by atoms with van der Waals surface area (Å²) in [4.78, 5) is 15.6. The van der Waals surface area contributed by atoms with Gasteiger partial charge in [-0.05, 0) is 44.0 Å². The lowest BCUT2D eigenvalue weighted by molar-refractivity contribution is 0.0695. The lowest BCUT2D eigenvalue weighted by atomic mass is 10.0. The first-order valence-electron chi connectivity index (χ1n) is 6.54. The van der Waals surface area contributed by atoms with Gasteiger partial charge in [0.25, 0.3) is 0 Å². The number of aromatic nitrogens is 1. The molecule has 0 aliphatic carbocycles. The Bertz CT molecular complexity index is 610. The molecule has 0 bridgehead atoms. The van der Waals surface area contributed by atoms with E-state index in [0.29, 0.717) is 12.2 Å². The quantitative estimate of drug-likeness (QED) is 0.895. The van der Waals surface area contributed by atoms with Crippen molar-refractivity contribution in [2.24, 2.45) is 5.73 Å². The second kappa shape index (κ2) is 5.84. The van der Waals surface area contributed by atoms with Crippen molar-refractivity contribution >= 4 is 5.97 Å². The van der Waals surface area contributed by atoms with E-state index in [9.17, 15) is 4.79 Å². The number of carboxylic acid groups (broad SMARTS) is 1. The molecule has 0 unspecified atom stereocenters. The van der Waals surface area contributed by atoms with Gasteiger partial charge in [0.1, 0.15) is 0 Å². The molecular formula is C16H18N2O2. The Labute approximate surface area is 118 Å². The summed E-state index contributed by atoms with van der Waals surface area (Å²) in [5.41, 5.74) is 10.0. The Morgan fingerprint density at radius 3 is 2.40 bits per heavy atom. The van der Waals surface area contributed by atoms with E-state index in [-0.39, 0.29) is 5.56 Å². The topological polar surface area (TPSA) is 76.2 Å². The van der Waals surface area contributed by atoms with Crippen LogP contribution in [0.3, 0.4) is 0 Å². The molecule has 0 aliphatic heterocycles. The predicted molar refractivity (Wildman–Crippen MR) is 78.9 cm³/mol. The number of nitrogens with two attached hydrogens (primary N) is 1. The van der Waals surface area contributed by atoms with Crippen molar-refractivity contribution in [3.8, 4) is 11.3 Å². The van der Waals surface area contributed by atoms with Crippen LogP contribution in [0.15, 0.2) is 30.3 Å². The molecule has 1 heterocycles. The van der Waals surface area contributed by atoms with Crippen LogP contribution in [0, 0.1) is 13.8 Å². The van der Waals surface area contributed by atoms with Crippen molar-refractivity contribution in [1.29, 1.82) is 0 Å². The molecule has 1 aromatic heterocycles. The Hall–Kier alpha value is -2.20. The largest absolute Gasteiger partial charge is 0.478 e. The first-order valence-corrected chi connectivity index (χ1v) is 6.54. The van der Waals surface area contributed by atoms with E-state index < -0.39 is 5.97 Å². The molecule has 20 heavy (non-hydrogen) atoms. The minimum absolute atomic E-state index is 0.286. The van der Waals surface area contributed by atoms with E-state index in [0.717, 1.165) is 23.2 Å². The maximum atomic E-state index is 11.2. The Balaban J connectivity index is 2.40. The summed E-state index contributed by atoms with van der Waals surface area (Å²) < 4.78 is 0. The molecule has 0 aliphatic rings. The molecule has 0 spiro atoms. The predicted octanol–water partition coefficient (Wildman–Crippen LogP) is 2.56. The Kier molecular flexibility index (Phi) is 4.15. The van der Waals surface area contributed by atoms with Crippen molar-refractivity contribution in [2.45, 2.75) is 20.3 Å². The first kappa shape index (κ1) is 14.2. The lowest BCUT2D eigenvalue weighted by Gasteiger charge is -2.09. The number of hydrogen-bond donors (Lipinski definition) is 2. The number of pyridine rings is 1. The summed E-state index contributed by atoms with van der Waals surface area (Å²) in [6, 6.07) is 9.85. The number of benzene rings is 1. The highest BCUT2D eigenvalue weighted by atomic mass is 16.4.